The molecule has 1 amide bonds. The molecule has 0 unspecified atom stereocenters. The fraction of sp³-hybridized carbons (Fsp3) is 0.154. The lowest BCUT2D eigenvalue weighted by molar-refractivity contribution is -0.385. The van der Waals surface area contributed by atoms with Gasteiger partial charge in [0.2, 0.25) is 0 Å². The number of carbonyl (C=O) groups excluding carboxylic acids is 1. The number of thiophene rings is 1. The highest BCUT2D eigenvalue weighted by Crippen LogP contribution is 2.27. The zero-order valence-corrected chi connectivity index (χ0v) is 13.4. The largest absolute Gasteiger partial charge is 0.490 e. The standard InChI is InChI=1S/C13H11BrN2O4S/c1-20-12-4-8(2-3-11(12)16(18)19)13(17)15-6-10-5-9(14)7-21-10/h2-5,7H,6H2,1H3,(H,15,17). The van der Waals surface area contributed by atoms with Gasteiger partial charge in [0, 0.05) is 32.4 Å². The lowest BCUT2D eigenvalue weighted by Gasteiger charge is -2.06. The summed E-state index contributed by atoms with van der Waals surface area (Å²) in [6, 6.07) is 5.94. The summed E-state index contributed by atoms with van der Waals surface area (Å²) in [4.78, 5) is 23.3. The summed E-state index contributed by atoms with van der Waals surface area (Å²) in [6.45, 7) is 0.397. The molecule has 1 aromatic carbocycles. The van der Waals surface area contributed by atoms with Crippen molar-refractivity contribution in [2.24, 2.45) is 0 Å². The lowest BCUT2D eigenvalue weighted by atomic mass is 10.1. The summed E-state index contributed by atoms with van der Waals surface area (Å²) >= 11 is 4.87. The number of ether oxygens (including phenoxy) is 1. The molecule has 1 N–H and O–H groups in total. The number of methoxy groups -OCH3 is 1. The molecule has 1 aromatic heterocycles. The highest BCUT2D eigenvalue weighted by molar-refractivity contribution is 9.10. The van der Waals surface area contributed by atoms with E-state index in [2.05, 4.69) is 21.2 Å². The average Bonchev–Trinajstić information content (AvgIpc) is 2.89. The number of hydrogen-bond acceptors (Lipinski definition) is 5. The Bertz CT molecular complexity index is 687. The number of halogens is 1. The van der Waals surface area contributed by atoms with Gasteiger partial charge in [-0.1, -0.05) is 0 Å². The van der Waals surface area contributed by atoms with Gasteiger partial charge in [-0.25, -0.2) is 0 Å². The van der Waals surface area contributed by atoms with E-state index in [-0.39, 0.29) is 17.3 Å². The number of amides is 1. The number of hydrogen-bond donors (Lipinski definition) is 1. The van der Waals surface area contributed by atoms with E-state index in [1.807, 2.05) is 11.4 Å². The number of nitrogens with one attached hydrogen (secondary N) is 1. The Morgan fingerprint density at radius 3 is 2.81 bits per heavy atom. The molecular formula is C13H11BrN2O4S. The van der Waals surface area contributed by atoms with Crippen molar-refractivity contribution in [3.8, 4) is 5.75 Å². The number of carbonyl (C=O) groups is 1. The number of nitro benzene ring substituents is 1. The molecule has 8 heteroatoms. The fourth-order valence-electron chi connectivity index (χ4n) is 1.69. The maximum absolute atomic E-state index is 12.0. The first-order valence-electron chi connectivity index (χ1n) is 5.85. The summed E-state index contributed by atoms with van der Waals surface area (Å²) in [5.74, 6) is -0.251. The predicted molar refractivity (Wildman–Crippen MR) is 82.8 cm³/mol. The van der Waals surface area contributed by atoms with Crippen LogP contribution in [-0.2, 0) is 6.54 Å². The van der Waals surface area contributed by atoms with Crippen molar-refractivity contribution in [3.05, 3.63) is 54.7 Å². The normalized spacial score (nSPS) is 10.2. The van der Waals surface area contributed by atoms with Gasteiger partial charge in [0.15, 0.2) is 5.75 Å². The van der Waals surface area contributed by atoms with Crippen molar-refractivity contribution in [1.82, 2.24) is 5.32 Å². The molecular weight excluding hydrogens is 360 g/mol. The number of rotatable bonds is 5. The third-order valence-electron chi connectivity index (χ3n) is 2.68. The monoisotopic (exact) mass is 370 g/mol. The molecule has 6 nitrogen and oxygen atoms in total. The Morgan fingerprint density at radius 2 is 2.24 bits per heavy atom. The smallest absolute Gasteiger partial charge is 0.310 e. The van der Waals surface area contributed by atoms with Gasteiger partial charge in [0.25, 0.3) is 5.91 Å². The molecule has 0 atom stereocenters. The summed E-state index contributed by atoms with van der Waals surface area (Å²) in [6.07, 6.45) is 0. The molecule has 1 heterocycles. The maximum Gasteiger partial charge on any atom is 0.310 e. The molecule has 0 saturated carbocycles. The fourth-order valence-corrected chi connectivity index (χ4v) is 3.08. The molecule has 0 saturated heterocycles. The second-order valence-electron chi connectivity index (χ2n) is 4.06. The molecule has 0 radical (unpaired) electrons. The van der Waals surface area contributed by atoms with E-state index in [9.17, 15) is 14.9 Å². The molecule has 2 rings (SSSR count). The van der Waals surface area contributed by atoms with Gasteiger partial charge in [-0.3, -0.25) is 14.9 Å². The van der Waals surface area contributed by atoms with Crippen LogP contribution < -0.4 is 10.1 Å². The Balaban J connectivity index is 2.10. The third kappa shape index (κ3) is 3.79. The maximum atomic E-state index is 12.0. The third-order valence-corrected chi connectivity index (χ3v) is 4.38. The van der Waals surface area contributed by atoms with Crippen molar-refractivity contribution in [2.75, 3.05) is 7.11 Å². The minimum atomic E-state index is -0.552. The highest BCUT2D eigenvalue weighted by atomic mass is 79.9. The molecule has 0 bridgehead atoms. The first-order valence-corrected chi connectivity index (χ1v) is 7.52. The van der Waals surface area contributed by atoms with E-state index in [1.54, 1.807) is 0 Å². The second-order valence-corrected chi connectivity index (χ2v) is 5.97. The first-order chi connectivity index (χ1) is 10.0. The van der Waals surface area contributed by atoms with Gasteiger partial charge in [-0.2, -0.15) is 0 Å². The summed E-state index contributed by atoms with van der Waals surface area (Å²) in [7, 11) is 1.33. The van der Waals surface area contributed by atoms with Crippen LogP contribution in [-0.4, -0.2) is 17.9 Å². The molecule has 0 fully saturated rings. The van der Waals surface area contributed by atoms with Crippen molar-refractivity contribution in [2.45, 2.75) is 6.54 Å². The molecule has 0 aliphatic carbocycles. The predicted octanol–water partition coefficient (Wildman–Crippen LogP) is 3.36. The minimum absolute atomic E-state index is 0.0616. The minimum Gasteiger partial charge on any atom is -0.490 e. The molecule has 0 spiro atoms. The van der Waals surface area contributed by atoms with Crippen LogP contribution >= 0.6 is 27.3 Å². The van der Waals surface area contributed by atoms with Gasteiger partial charge in [-0.15, -0.1) is 11.3 Å². The van der Waals surface area contributed by atoms with Crippen molar-refractivity contribution >= 4 is 38.9 Å². The van der Waals surface area contributed by atoms with E-state index in [0.29, 0.717) is 12.1 Å². The summed E-state index contributed by atoms with van der Waals surface area (Å²) in [5.41, 5.74) is 0.143. The van der Waals surface area contributed by atoms with E-state index in [0.717, 1.165) is 9.35 Å². The molecule has 21 heavy (non-hydrogen) atoms. The van der Waals surface area contributed by atoms with Crippen molar-refractivity contribution < 1.29 is 14.5 Å². The van der Waals surface area contributed by atoms with E-state index in [4.69, 9.17) is 4.74 Å². The van der Waals surface area contributed by atoms with Crippen LogP contribution in [0.1, 0.15) is 15.2 Å². The summed E-state index contributed by atoms with van der Waals surface area (Å²) in [5, 5.41) is 15.5. The van der Waals surface area contributed by atoms with E-state index >= 15 is 0 Å². The van der Waals surface area contributed by atoms with Crippen LogP contribution in [0.2, 0.25) is 0 Å². The van der Waals surface area contributed by atoms with Gasteiger partial charge < -0.3 is 10.1 Å². The van der Waals surface area contributed by atoms with Gasteiger partial charge in [-0.05, 0) is 28.1 Å². The van der Waals surface area contributed by atoms with Crippen molar-refractivity contribution in [1.29, 1.82) is 0 Å². The van der Waals surface area contributed by atoms with Crippen LogP contribution in [0.5, 0.6) is 5.75 Å². The van der Waals surface area contributed by atoms with Crippen molar-refractivity contribution in [3.63, 3.8) is 0 Å². The molecule has 0 aliphatic heterocycles. The zero-order valence-electron chi connectivity index (χ0n) is 11.0. The van der Waals surface area contributed by atoms with Gasteiger partial charge in [0.05, 0.1) is 18.6 Å². The quantitative estimate of drug-likeness (QED) is 0.646. The van der Waals surface area contributed by atoms with E-state index in [1.165, 1.54) is 36.6 Å². The molecule has 0 aliphatic rings. The van der Waals surface area contributed by atoms with E-state index < -0.39 is 4.92 Å². The Morgan fingerprint density at radius 1 is 1.48 bits per heavy atom. The van der Waals surface area contributed by atoms with Crippen LogP contribution in [0.4, 0.5) is 5.69 Å². The highest BCUT2D eigenvalue weighted by Gasteiger charge is 2.17. The Kier molecular flexibility index (Phi) is 4.92. The first kappa shape index (κ1) is 15.5. The van der Waals surface area contributed by atoms with Crippen LogP contribution in [0.15, 0.2) is 34.1 Å². The molecule has 2 aromatic rings. The van der Waals surface area contributed by atoms with Crippen LogP contribution in [0, 0.1) is 10.1 Å². The lowest BCUT2D eigenvalue weighted by Crippen LogP contribution is -2.22. The van der Waals surface area contributed by atoms with Gasteiger partial charge >= 0.3 is 5.69 Å². The summed E-state index contributed by atoms with van der Waals surface area (Å²) < 4.78 is 5.90. The average molecular weight is 371 g/mol. The number of benzene rings is 1. The van der Waals surface area contributed by atoms with Crippen LogP contribution in [0.25, 0.3) is 0 Å². The Hall–Kier alpha value is -1.93. The molecule has 110 valence electrons. The number of nitro groups is 1. The SMILES string of the molecule is COc1cc(C(=O)NCc2cc(Br)cs2)ccc1[N+](=O)[O-]. The topological polar surface area (TPSA) is 81.5 Å². The Labute approximate surface area is 133 Å². The van der Waals surface area contributed by atoms with Gasteiger partial charge in [0.1, 0.15) is 0 Å². The second kappa shape index (κ2) is 6.68. The zero-order chi connectivity index (χ0) is 15.4. The number of nitrogens with zero attached hydrogens (tertiary/aromatic N) is 1. The van der Waals surface area contributed by atoms with Crippen LogP contribution in [0.3, 0.4) is 0 Å².